The van der Waals surface area contributed by atoms with Gasteiger partial charge < -0.3 is 5.73 Å². The summed E-state index contributed by atoms with van der Waals surface area (Å²) in [7, 11) is 0. The Balaban J connectivity index is 1.79. The number of hydrogen-bond acceptors (Lipinski definition) is 1. The van der Waals surface area contributed by atoms with Gasteiger partial charge in [-0.15, -0.1) is 0 Å². The molecular weight excluding hydrogens is 350 g/mol. The van der Waals surface area contributed by atoms with Crippen LogP contribution in [0.15, 0.2) is 103 Å². The van der Waals surface area contributed by atoms with E-state index in [4.69, 9.17) is 5.73 Å². The molecule has 0 heterocycles. The maximum absolute atomic E-state index is 6.55. The van der Waals surface area contributed by atoms with E-state index in [0.29, 0.717) is 0 Å². The molecule has 0 saturated heterocycles. The Morgan fingerprint density at radius 3 is 1.83 bits per heavy atom. The van der Waals surface area contributed by atoms with Crippen molar-refractivity contribution in [2.75, 3.05) is 5.73 Å². The molecule has 6 aromatic rings. The minimum atomic E-state index is 0.824. The van der Waals surface area contributed by atoms with Crippen LogP contribution < -0.4 is 5.73 Å². The smallest absolute Gasteiger partial charge is 0.0406 e. The molecule has 29 heavy (non-hydrogen) atoms. The van der Waals surface area contributed by atoms with Gasteiger partial charge in [0.1, 0.15) is 0 Å². The van der Waals surface area contributed by atoms with Gasteiger partial charge in [-0.1, -0.05) is 97.1 Å². The summed E-state index contributed by atoms with van der Waals surface area (Å²) in [6.45, 7) is 0. The van der Waals surface area contributed by atoms with E-state index in [1.165, 1.54) is 43.4 Å². The van der Waals surface area contributed by atoms with Crippen molar-refractivity contribution in [1.29, 1.82) is 0 Å². The Hall–Kier alpha value is -3.84. The molecule has 0 atom stereocenters. The van der Waals surface area contributed by atoms with Gasteiger partial charge in [0.15, 0.2) is 0 Å². The third kappa shape index (κ3) is 2.34. The average Bonchev–Trinajstić information content (AvgIpc) is 2.78. The molecule has 0 radical (unpaired) electrons. The number of rotatable bonds is 2. The summed E-state index contributed by atoms with van der Waals surface area (Å²) in [6, 6.07) is 36.6. The molecule has 0 saturated carbocycles. The molecule has 0 bridgehead atoms. The van der Waals surface area contributed by atoms with Crippen molar-refractivity contribution in [3.8, 4) is 22.3 Å². The van der Waals surface area contributed by atoms with E-state index in [-0.39, 0.29) is 0 Å². The molecule has 0 aromatic heterocycles. The number of hydrogen-bond donors (Lipinski definition) is 1. The van der Waals surface area contributed by atoms with Crippen molar-refractivity contribution in [3.63, 3.8) is 0 Å². The molecular formula is C28H19N. The van der Waals surface area contributed by atoms with Crippen molar-refractivity contribution in [3.05, 3.63) is 103 Å². The van der Waals surface area contributed by atoms with E-state index >= 15 is 0 Å². The predicted octanol–water partition coefficient (Wildman–Crippen LogP) is 7.50. The minimum absolute atomic E-state index is 0.824. The number of nitrogen functional groups attached to an aromatic ring is 1. The van der Waals surface area contributed by atoms with E-state index in [1.807, 2.05) is 6.07 Å². The molecule has 0 fully saturated rings. The molecule has 0 aliphatic heterocycles. The molecule has 6 aromatic carbocycles. The fraction of sp³-hybridized carbons (Fsp3) is 0. The van der Waals surface area contributed by atoms with E-state index in [1.54, 1.807) is 0 Å². The van der Waals surface area contributed by atoms with Gasteiger partial charge in [-0.25, -0.2) is 0 Å². The maximum atomic E-state index is 6.55. The first-order valence-corrected chi connectivity index (χ1v) is 9.92. The van der Waals surface area contributed by atoms with Crippen LogP contribution in [0.4, 0.5) is 5.69 Å². The fourth-order valence-corrected chi connectivity index (χ4v) is 4.70. The van der Waals surface area contributed by atoms with Gasteiger partial charge in [0.05, 0.1) is 0 Å². The maximum Gasteiger partial charge on any atom is 0.0406 e. The molecule has 0 unspecified atom stereocenters. The van der Waals surface area contributed by atoms with Crippen molar-refractivity contribution in [1.82, 2.24) is 0 Å². The number of anilines is 1. The summed E-state index contributed by atoms with van der Waals surface area (Å²) in [6.07, 6.45) is 0. The standard InChI is InChI=1S/C28H19N/c29-25-17-21-12-11-20-13-14-22(18-7-3-1-4-8-18)23-15-16-24(28(21)27(20)23)26(25)19-9-5-2-6-10-19/h1-17H,29H2. The summed E-state index contributed by atoms with van der Waals surface area (Å²) < 4.78 is 0. The van der Waals surface area contributed by atoms with E-state index in [2.05, 4.69) is 97.1 Å². The van der Waals surface area contributed by atoms with Gasteiger partial charge in [0, 0.05) is 11.3 Å². The fourth-order valence-electron chi connectivity index (χ4n) is 4.70. The van der Waals surface area contributed by atoms with Gasteiger partial charge >= 0.3 is 0 Å². The highest BCUT2D eigenvalue weighted by Gasteiger charge is 2.16. The van der Waals surface area contributed by atoms with Crippen LogP contribution in [0, 0.1) is 0 Å². The molecule has 1 heteroatoms. The highest BCUT2D eigenvalue weighted by atomic mass is 14.6. The SMILES string of the molecule is Nc1cc2ccc3ccc(-c4ccccc4)c4ccc(c1-c1ccccc1)c2c34. The minimum Gasteiger partial charge on any atom is -0.398 e. The van der Waals surface area contributed by atoms with Crippen LogP contribution in [0.3, 0.4) is 0 Å². The molecule has 0 aliphatic carbocycles. The van der Waals surface area contributed by atoms with E-state index < -0.39 is 0 Å². The second kappa shape index (κ2) is 6.08. The summed E-state index contributed by atoms with van der Waals surface area (Å²) in [5.74, 6) is 0. The van der Waals surface area contributed by atoms with Crippen LogP contribution >= 0.6 is 0 Å². The molecule has 0 amide bonds. The highest BCUT2D eigenvalue weighted by Crippen LogP contribution is 2.44. The van der Waals surface area contributed by atoms with Crippen LogP contribution in [-0.4, -0.2) is 0 Å². The monoisotopic (exact) mass is 369 g/mol. The zero-order chi connectivity index (χ0) is 19.4. The third-order valence-corrected chi connectivity index (χ3v) is 5.96. The number of benzene rings is 6. The molecule has 0 spiro atoms. The lowest BCUT2D eigenvalue weighted by Crippen LogP contribution is -1.94. The lowest BCUT2D eigenvalue weighted by atomic mass is 9.86. The van der Waals surface area contributed by atoms with Gasteiger partial charge in [0.25, 0.3) is 0 Å². The van der Waals surface area contributed by atoms with Crippen molar-refractivity contribution in [2.45, 2.75) is 0 Å². The Morgan fingerprint density at radius 2 is 1.07 bits per heavy atom. The summed E-state index contributed by atoms with van der Waals surface area (Å²) >= 11 is 0. The van der Waals surface area contributed by atoms with Crippen LogP contribution in [0.5, 0.6) is 0 Å². The van der Waals surface area contributed by atoms with Crippen molar-refractivity contribution >= 4 is 38.0 Å². The third-order valence-electron chi connectivity index (χ3n) is 5.96. The van der Waals surface area contributed by atoms with Crippen LogP contribution in [-0.2, 0) is 0 Å². The molecule has 2 N–H and O–H groups in total. The second-order valence-corrected chi connectivity index (χ2v) is 7.61. The summed E-state index contributed by atoms with van der Waals surface area (Å²) in [4.78, 5) is 0. The zero-order valence-electron chi connectivity index (χ0n) is 15.9. The van der Waals surface area contributed by atoms with E-state index in [9.17, 15) is 0 Å². The molecule has 0 aliphatic rings. The first kappa shape index (κ1) is 16.1. The Labute approximate surface area is 169 Å². The highest BCUT2D eigenvalue weighted by molar-refractivity contribution is 6.28. The average molecular weight is 369 g/mol. The van der Waals surface area contributed by atoms with Gasteiger partial charge in [-0.05, 0) is 55.1 Å². The Bertz CT molecular complexity index is 1480. The predicted molar refractivity (Wildman–Crippen MR) is 125 cm³/mol. The Kier molecular flexibility index (Phi) is 3.39. The molecule has 6 rings (SSSR count). The van der Waals surface area contributed by atoms with Crippen molar-refractivity contribution < 1.29 is 0 Å². The normalized spacial score (nSPS) is 11.6. The first-order chi connectivity index (χ1) is 14.3. The Morgan fingerprint density at radius 1 is 0.483 bits per heavy atom. The van der Waals surface area contributed by atoms with Gasteiger partial charge in [0.2, 0.25) is 0 Å². The molecule has 1 nitrogen and oxygen atoms in total. The lowest BCUT2D eigenvalue weighted by molar-refractivity contribution is 1.65. The summed E-state index contributed by atoms with van der Waals surface area (Å²) in [5, 5.41) is 7.58. The summed E-state index contributed by atoms with van der Waals surface area (Å²) in [5.41, 5.74) is 12.2. The van der Waals surface area contributed by atoms with Crippen LogP contribution in [0.2, 0.25) is 0 Å². The van der Waals surface area contributed by atoms with Crippen LogP contribution in [0.25, 0.3) is 54.6 Å². The second-order valence-electron chi connectivity index (χ2n) is 7.61. The lowest BCUT2D eigenvalue weighted by Gasteiger charge is -2.18. The molecule has 136 valence electrons. The van der Waals surface area contributed by atoms with Gasteiger partial charge in [-0.3, -0.25) is 0 Å². The quantitative estimate of drug-likeness (QED) is 0.248. The van der Waals surface area contributed by atoms with Crippen LogP contribution in [0.1, 0.15) is 0 Å². The van der Waals surface area contributed by atoms with E-state index in [0.717, 1.165) is 16.8 Å². The number of nitrogens with two attached hydrogens (primary N) is 1. The van der Waals surface area contributed by atoms with Gasteiger partial charge in [-0.2, -0.15) is 0 Å². The zero-order valence-corrected chi connectivity index (χ0v) is 15.9. The topological polar surface area (TPSA) is 26.0 Å². The largest absolute Gasteiger partial charge is 0.398 e. The first-order valence-electron chi connectivity index (χ1n) is 9.92. The van der Waals surface area contributed by atoms with Crippen molar-refractivity contribution in [2.24, 2.45) is 0 Å².